The first-order valence-electron chi connectivity index (χ1n) is 8.72. The lowest BCUT2D eigenvalue weighted by Gasteiger charge is -2.09. The lowest BCUT2D eigenvalue weighted by molar-refractivity contribution is -0.131. The van der Waals surface area contributed by atoms with Gasteiger partial charge in [-0.25, -0.2) is 9.48 Å². The van der Waals surface area contributed by atoms with Crippen LogP contribution in [0.4, 0.5) is 0 Å². The highest BCUT2D eigenvalue weighted by Gasteiger charge is 2.15. The summed E-state index contributed by atoms with van der Waals surface area (Å²) < 4.78 is 7.82. The van der Waals surface area contributed by atoms with Gasteiger partial charge in [0, 0.05) is 26.1 Å². The Morgan fingerprint density at radius 1 is 1.07 bits per heavy atom. The van der Waals surface area contributed by atoms with Gasteiger partial charge < -0.3 is 10.1 Å². The smallest absolute Gasteiger partial charge is 0.345 e. The van der Waals surface area contributed by atoms with Gasteiger partial charge >= 0.3 is 11.7 Å². The van der Waals surface area contributed by atoms with E-state index in [2.05, 4.69) is 10.4 Å². The Hall–Kier alpha value is -3.68. The van der Waals surface area contributed by atoms with Crippen LogP contribution in [0.1, 0.15) is 17.3 Å². The highest BCUT2D eigenvalue weighted by molar-refractivity contribution is 5.97. The van der Waals surface area contributed by atoms with Crippen LogP contribution < -0.4 is 15.7 Å². The zero-order chi connectivity index (χ0) is 20.1. The third kappa shape index (κ3) is 4.17. The first kappa shape index (κ1) is 19.1. The van der Waals surface area contributed by atoms with Crippen molar-refractivity contribution in [2.75, 3.05) is 6.54 Å². The minimum absolute atomic E-state index is 0.189. The van der Waals surface area contributed by atoms with Crippen LogP contribution >= 0.6 is 0 Å². The molecule has 144 valence electrons. The van der Waals surface area contributed by atoms with E-state index in [-0.39, 0.29) is 30.1 Å². The molecule has 2 aromatic carbocycles. The van der Waals surface area contributed by atoms with Crippen LogP contribution in [0.5, 0.6) is 5.75 Å². The molecule has 0 aliphatic carbocycles. The Morgan fingerprint density at radius 3 is 2.46 bits per heavy atom. The monoisotopic (exact) mass is 380 g/mol. The summed E-state index contributed by atoms with van der Waals surface area (Å²) in [5.74, 6) is -0.163. The van der Waals surface area contributed by atoms with Gasteiger partial charge in [0.1, 0.15) is 5.75 Å². The topological polar surface area (TPSA) is 95.2 Å². The van der Waals surface area contributed by atoms with Crippen molar-refractivity contribution in [2.24, 2.45) is 7.05 Å². The van der Waals surface area contributed by atoms with Crippen LogP contribution in [0.3, 0.4) is 0 Å². The average molecular weight is 380 g/mol. The molecule has 28 heavy (non-hydrogen) atoms. The molecule has 1 heterocycles. The lowest BCUT2D eigenvalue weighted by Crippen LogP contribution is -2.32. The van der Waals surface area contributed by atoms with E-state index in [1.165, 1.54) is 16.2 Å². The van der Waals surface area contributed by atoms with Gasteiger partial charge in [-0.1, -0.05) is 42.5 Å². The van der Waals surface area contributed by atoms with Crippen LogP contribution in [0.25, 0.3) is 11.4 Å². The number of aromatic nitrogens is 3. The number of rotatable bonds is 6. The molecule has 8 heteroatoms. The number of amides is 1. The van der Waals surface area contributed by atoms with Crippen LogP contribution in [0.15, 0.2) is 59.4 Å². The molecule has 0 unspecified atom stereocenters. The standard InChI is InChI=1S/C20H20N4O4/c1-14(25)28-17-11-7-6-10-16(17)19(26)21-12-13-24-20(27)23(2)18(22-24)15-8-4-3-5-9-15/h3-11H,12-13H2,1-2H3,(H,21,26). The van der Waals surface area contributed by atoms with Gasteiger partial charge in [0.15, 0.2) is 5.82 Å². The molecular formula is C20H20N4O4. The largest absolute Gasteiger partial charge is 0.426 e. The Labute approximate surface area is 161 Å². The number of carbonyl (C=O) groups is 2. The van der Waals surface area contributed by atoms with Crippen molar-refractivity contribution < 1.29 is 14.3 Å². The predicted octanol–water partition coefficient (Wildman–Crippen LogP) is 1.60. The molecule has 0 bridgehead atoms. The molecule has 3 rings (SSSR count). The highest BCUT2D eigenvalue weighted by atomic mass is 16.5. The SMILES string of the molecule is CC(=O)Oc1ccccc1C(=O)NCCn1nc(-c2ccccc2)n(C)c1=O. The number of benzene rings is 2. The van der Waals surface area contributed by atoms with E-state index >= 15 is 0 Å². The summed E-state index contributed by atoms with van der Waals surface area (Å²) in [6.07, 6.45) is 0. The quantitative estimate of drug-likeness (QED) is 0.518. The van der Waals surface area contributed by atoms with E-state index < -0.39 is 11.9 Å². The van der Waals surface area contributed by atoms with E-state index in [4.69, 9.17) is 4.74 Å². The summed E-state index contributed by atoms with van der Waals surface area (Å²) >= 11 is 0. The third-order valence-corrected chi connectivity index (χ3v) is 4.07. The molecule has 0 atom stereocenters. The number of hydrogen-bond acceptors (Lipinski definition) is 5. The van der Waals surface area contributed by atoms with Gasteiger partial charge in [0.2, 0.25) is 0 Å². The minimum Gasteiger partial charge on any atom is -0.426 e. The van der Waals surface area contributed by atoms with Crippen molar-refractivity contribution in [3.63, 3.8) is 0 Å². The van der Waals surface area contributed by atoms with Crippen molar-refractivity contribution in [1.29, 1.82) is 0 Å². The summed E-state index contributed by atoms with van der Waals surface area (Å²) in [6, 6.07) is 15.9. The summed E-state index contributed by atoms with van der Waals surface area (Å²) in [6.45, 7) is 1.67. The minimum atomic E-state index is -0.506. The Morgan fingerprint density at radius 2 is 1.75 bits per heavy atom. The maximum absolute atomic E-state index is 12.4. The summed E-state index contributed by atoms with van der Waals surface area (Å²) in [5, 5.41) is 7.07. The molecule has 0 saturated carbocycles. The Bertz CT molecular complexity index is 1050. The molecule has 0 radical (unpaired) electrons. The molecule has 3 aromatic rings. The van der Waals surface area contributed by atoms with Crippen LogP contribution in [0.2, 0.25) is 0 Å². The van der Waals surface area contributed by atoms with Gasteiger partial charge in [-0.3, -0.25) is 14.2 Å². The second kappa shape index (κ2) is 8.34. The van der Waals surface area contributed by atoms with Crippen LogP contribution in [-0.4, -0.2) is 32.8 Å². The summed E-state index contributed by atoms with van der Waals surface area (Å²) in [5.41, 5.74) is 0.810. The fourth-order valence-corrected chi connectivity index (χ4v) is 2.74. The first-order chi connectivity index (χ1) is 13.5. The predicted molar refractivity (Wildman–Crippen MR) is 103 cm³/mol. The fourth-order valence-electron chi connectivity index (χ4n) is 2.74. The molecule has 0 aliphatic heterocycles. The Kier molecular flexibility index (Phi) is 5.69. The number of para-hydroxylation sites is 1. The number of hydrogen-bond donors (Lipinski definition) is 1. The number of nitrogens with one attached hydrogen (secondary N) is 1. The molecule has 8 nitrogen and oxygen atoms in total. The van der Waals surface area contributed by atoms with E-state index in [1.807, 2.05) is 30.3 Å². The van der Waals surface area contributed by atoms with E-state index in [0.717, 1.165) is 5.56 Å². The van der Waals surface area contributed by atoms with Crippen molar-refractivity contribution in [1.82, 2.24) is 19.7 Å². The first-order valence-corrected chi connectivity index (χ1v) is 8.72. The van der Waals surface area contributed by atoms with Gasteiger partial charge in [-0.05, 0) is 12.1 Å². The molecular weight excluding hydrogens is 360 g/mol. The molecule has 0 fully saturated rings. The summed E-state index contributed by atoms with van der Waals surface area (Å²) in [7, 11) is 1.65. The van der Waals surface area contributed by atoms with E-state index in [9.17, 15) is 14.4 Å². The number of esters is 1. The molecule has 1 amide bonds. The Balaban J connectivity index is 1.69. The van der Waals surface area contributed by atoms with Gasteiger partial charge in [0.25, 0.3) is 5.91 Å². The number of carbonyl (C=O) groups excluding carboxylic acids is 2. The van der Waals surface area contributed by atoms with Gasteiger partial charge in [0.05, 0.1) is 12.1 Å². The maximum atomic E-state index is 12.4. The van der Waals surface area contributed by atoms with Crippen LogP contribution in [0, 0.1) is 0 Å². The average Bonchev–Trinajstić information content (AvgIpc) is 2.97. The molecule has 0 spiro atoms. The molecule has 1 aromatic heterocycles. The number of nitrogens with zero attached hydrogens (tertiary/aromatic N) is 3. The second-order valence-electron chi connectivity index (χ2n) is 6.10. The third-order valence-electron chi connectivity index (χ3n) is 4.07. The van der Waals surface area contributed by atoms with Gasteiger partial charge in [-0.2, -0.15) is 0 Å². The maximum Gasteiger partial charge on any atom is 0.345 e. The second-order valence-corrected chi connectivity index (χ2v) is 6.10. The zero-order valence-corrected chi connectivity index (χ0v) is 15.6. The van der Waals surface area contributed by atoms with Crippen LogP contribution in [-0.2, 0) is 18.4 Å². The van der Waals surface area contributed by atoms with Crippen molar-refractivity contribution in [3.8, 4) is 17.1 Å². The number of ether oxygens (including phenoxy) is 1. The highest BCUT2D eigenvalue weighted by Crippen LogP contribution is 2.18. The van der Waals surface area contributed by atoms with E-state index in [0.29, 0.717) is 5.82 Å². The lowest BCUT2D eigenvalue weighted by atomic mass is 10.2. The van der Waals surface area contributed by atoms with Crippen molar-refractivity contribution >= 4 is 11.9 Å². The summed E-state index contributed by atoms with van der Waals surface area (Å²) in [4.78, 5) is 36.0. The van der Waals surface area contributed by atoms with Gasteiger partial charge in [-0.15, -0.1) is 5.10 Å². The molecule has 0 saturated heterocycles. The molecule has 1 N–H and O–H groups in total. The zero-order valence-electron chi connectivity index (χ0n) is 15.6. The van der Waals surface area contributed by atoms with Crippen molar-refractivity contribution in [2.45, 2.75) is 13.5 Å². The fraction of sp³-hybridized carbons (Fsp3) is 0.200. The normalized spacial score (nSPS) is 10.5. The van der Waals surface area contributed by atoms with Crippen molar-refractivity contribution in [3.05, 3.63) is 70.6 Å². The molecule has 0 aliphatic rings. The van der Waals surface area contributed by atoms with E-state index in [1.54, 1.807) is 31.3 Å².